The molecule has 57 heavy (non-hydrogen) atoms. The minimum absolute atomic E-state index is 0.0361. The van der Waals surface area contributed by atoms with Crippen molar-refractivity contribution in [1.82, 2.24) is 5.32 Å². The monoisotopic (exact) mass is 847 g/mol. The van der Waals surface area contributed by atoms with Crippen LogP contribution in [0.4, 0.5) is 0 Å². The Labute approximate surface area is 338 Å². The molecule has 0 spiro atoms. The number of carbonyl (C=O) groups is 5. The van der Waals surface area contributed by atoms with E-state index in [1.54, 1.807) is 54.5 Å². The van der Waals surface area contributed by atoms with Gasteiger partial charge in [-0.3, -0.25) is 4.79 Å². The van der Waals surface area contributed by atoms with E-state index in [0.717, 1.165) is 12.2 Å². The number of ketones is 1. The Morgan fingerprint density at radius 2 is 1.30 bits per heavy atom. The van der Waals surface area contributed by atoms with Crippen LogP contribution in [0, 0.1) is 55.4 Å². The maximum absolute atomic E-state index is 14.1. The number of phenols is 1. The molecule has 1 fully saturated rings. The minimum atomic E-state index is -2.43. The van der Waals surface area contributed by atoms with Crippen molar-refractivity contribution < 1.29 is 58.2 Å². The number of methoxy groups -OCH3 is 1. The fourth-order valence-corrected chi connectivity index (χ4v) is 8.31. The Kier molecular flexibility index (Phi) is 12.2. The number of carbonyl (C=O) groups excluding carboxylic acids is 4. The quantitative estimate of drug-likeness (QED) is 0.128. The summed E-state index contributed by atoms with van der Waals surface area (Å²) < 4.78 is 22.8. The minimum Gasteiger partial charge on any atom is -0.506 e. The maximum Gasteiger partial charge on any atom is 0.356 e. The number of halogens is 1. The Morgan fingerprint density at radius 3 is 1.86 bits per heavy atom. The van der Waals surface area contributed by atoms with Crippen LogP contribution < -0.4 is 19.5 Å². The van der Waals surface area contributed by atoms with Crippen LogP contribution in [-0.2, 0) is 14.3 Å². The molecule has 0 unspecified atom stereocenters. The lowest BCUT2D eigenvalue weighted by molar-refractivity contribution is -0.151. The number of benzene rings is 3. The molecule has 14 heteroatoms. The summed E-state index contributed by atoms with van der Waals surface area (Å²) in [5.74, 6) is -5.07. The molecule has 0 aromatic heterocycles. The molecule has 302 valence electrons. The molecular formula is C43H46BrNO12. The van der Waals surface area contributed by atoms with E-state index in [0.29, 0.717) is 64.9 Å². The average Bonchev–Trinajstić information content (AvgIpc) is 3.15. The number of carboxylic acid groups (broad SMARTS) is 1. The van der Waals surface area contributed by atoms with Crippen LogP contribution >= 0.6 is 15.9 Å². The highest BCUT2D eigenvalue weighted by atomic mass is 79.9. The molecule has 0 radical (unpaired) electrons. The van der Waals surface area contributed by atoms with E-state index < -0.39 is 41.0 Å². The number of aryl methyl sites for hydroxylation is 1. The van der Waals surface area contributed by atoms with Crippen LogP contribution in [0.2, 0.25) is 0 Å². The van der Waals surface area contributed by atoms with Gasteiger partial charge in [0.05, 0.1) is 18.2 Å². The Morgan fingerprint density at radius 1 is 0.754 bits per heavy atom. The third-order valence-electron chi connectivity index (χ3n) is 11.3. The van der Waals surface area contributed by atoms with Crippen LogP contribution in [0.5, 0.6) is 23.0 Å². The normalized spacial score (nSPS) is 17.1. The number of aliphatic hydroxyl groups is 1. The number of nitrogens with one attached hydrogen (secondary N) is 1. The highest BCUT2D eigenvalue weighted by molar-refractivity contribution is 9.10. The van der Waals surface area contributed by atoms with E-state index in [1.807, 2.05) is 0 Å². The zero-order chi connectivity index (χ0) is 42.4. The topological polar surface area (TPSA) is 195 Å². The predicted octanol–water partition coefficient (Wildman–Crippen LogP) is 6.92. The Hall–Kier alpha value is -5.31. The van der Waals surface area contributed by atoms with Crippen LogP contribution in [0.3, 0.4) is 0 Å². The first-order chi connectivity index (χ1) is 26.7. The first-order valence-corrected chi connectivity index (χ1v) is 19.1. The van der Waals surface area contributed by atoms with Gasteiger partial charge in [0, 0.05) is 11.6 Å². The summed E-state index contributed by atoms with van der Waals surface area (Å²) >= 11 is 3.26. The Balaban J connectivity index is 1.54. The number of hydrogen-bond donors (Lipinski definition) is 4. The van der Waals surface area contributed by atoms with Crippen molar-refractivity contribution in [3.05, 3.63) is 101 Å². The van der Waals surface area contributed by atoms with E-state index in [1.165, 1.54) is 21.0 Å². The van der Waals surface area contributed by atoms with Crippen molar-refractivity contribution in [1.29, 1.82) is 0 Å². The standard InChI is InChI=1S/C43H46BrNO12/c1-18-15-29(33(27-11-13-45-14-12-27)26(9)31(18)40(50)56-37-23(6)20(3)32(39(48)49)21(4)24(37)7)55-41(51)34-22(5)25(8)38(35(44)36(34)47)57-42(52)43(53)19(2)16-28(46)17-30(43)54-10/h15-17,27,45,47,53H,11-14H2,1-10H3,(H,48,49)/t43-/m1/s1. The molecule has 3 aromatic carbocycles. The van der Waals surface area contributed by atoms with Crippen LogP contribution in [0.15, 0.2) is 34.0 Å². The van der Waals surface area contributed by atoms with Crippen LogP contribution in [-0.4, -0.2) is 70.8 Å². The van der Waals surface area contributed by atoms with E-state index in [4.69, 9.17) is 18.9 Å². The number of allylic oxidation sites excluding steroid dienone is 2. The van der Waals surface area contributed by atoms with Gasteiger partial charge in [-0.25, -0.2) is 19.2 Å². The van der Waals surface area contributed by atoms with Gasteiger partial charge in [0.15, 0.2) is 11.5 Å². The zero-order valence-electron chi connectivity index (χ0n) is 33.5. The van der Waals surface area contributed by atoms with E-state index in [-0.39, 0.29) is 66.8 Å². The fourth-order valence-electron chi connectivity index (χ4n) is 7.74. The second kappa shape index (κ2) is 16.3. The van der Waals surface area contributed by atoms with Crippen molar-refractivity contribution in [3.63, 3.8) is 0 Å². The number of esters is 3. The Bertz CT molecular complexity index is 2270. The lowest BCUT2D eigenvalue weighted by Gasteiger charge is -2.30. The molecule has 0 saturated carbocycles. The number of carboxylic acids is 1. The lowest BCUT2D eigenvalue weighted by atomic mass is 9.83. The summed E-state index contributed by atoms with van der Waals surface area (Å²) in [7, 11) is 1.19. The highest BCUT2D eigenvalue weighted by Crippen LogP contribution is 2.45. The van der Waals surface area contributed by atoms with Crippen LogP contribution in [0.1, 0.15) is 107 Å². The van der Waals surface area contributed by atoms with Gasteiger partial charge >= 0.3 is 23.9 Å². The molecular weight excluding hydrogens is 802 g/mol. The van der Waals surface area contributed by atoms with Gasteiger partial charge in [-0.2, -0.15) is 0 Å². The van der Waals surface area contributed by atoms with Crippen molar-refractivity contribution in [2.75, 3.05) is 20.2 Å². The number of aromatic hydroxyl groups is 1. The molecule has 1 saturated heterocycles. The SMILES string of the molecule is COC1=CC(=O)C=C(C)[C@]1(O)C(=O)Oc1c(C)c(C)c(C(=O)Oc2cc(C)c(C(=O)Oc3c(C)c(C)c(C(=O)O)c(C)c3C)c(C)c2C2CCNCC2)c(O)c1Br. The smallest absolute Gasteiger partial charge is 0.356 e. The van der Waals surface area contributed by atoms with Crippen LogP contribution in [0.25, 0.3) is 0 Å². The van der Waals surface area contributed by atoms with Gasteiger partial charge in [0.1, 0.15) is 33.0 Å². The largest absolute Gasteiger partial charge is 0.506 e. The summed E-state index contributed by atoms with van der Waals surface area (Å²) in [5, 5.41) is 35.9. The van der Waals surface area contributed by atoms with Gasteiger partial charge in [0.2, 0.25) is 5.60 Å². The second-order valence-electron chi connectivity index (χ2n) is 14.6. The number of ether oxygens (including phenoxy) is 4. The molecule has 1 atom stereocenters. The third kappa shape index (κ3) is 7.49. The first-order valence-electron chi connectivity index (χ1n) is 18.3. The van der Waals surface area contributed by atoms with Crippen molar-refractivity contribution in [2.45, 2.75) is 86.7 Å². The molecule has 13 nitrogen and oxygen atoms in total. The van der Waals surface area contributed by atoms with Crippen molar-refractivity contribution in [2.24, 2.45) is 0 Å². The zero-order valence-corrected chi connectivity index (χ0v) is 35.1. The molecule has 0 amide bonds. The summed E-state index contributed by atoms with van der Waals surface area (Å²) in [5.41, 5.74) is 1.93. The number of phenolic OH excluding ortho intramolecular Hbond substituents is 1. The van der Waals surface area contributed by atoms with Gasteiger partial charge < -0.3 is 39.6 Å². The van der Waals surface area contributed by atoms with E-state index in [9.17, 15) is 39.3 Å². The number of rotatable bonds is 9. The maximum atomic E-state index is 14.1. The first kappa shape index (κ1) is 42.8. The molecule has 1 aliphatic heterocycles. The molecule has 0 bridgehead atoms. The molecule has 1 heterocycles. The molecule has 4 N–H and O–H groups in total. The van der Waals surface area contributed by atoms with Crippen molar-refractivity contribution in [3.8, 4) is 23.0 Å². The molecule has 1 aliphatic carbocycles. The summed E-state index contributed by atoms with van der Waals surface area (Å²) in [4.78, 5) is 65.7. The number of piperidine rings is 1. The predicted molar refractivity (Wildman–Crippen MR) is 213 cm³/mol. The molecule has 5 rings (SSSR count). The highest BCUT2D eigenvalue weighted by Gasteiger charge is 2.48. The summed E-state index contributed by atoms with van der Waals surface area (Å²) in [6.07, 6.45) is 3.41. The lowest BCUT2D eigenvalue weighted by Crippen LogP contribution is -2.47. The van der Waals surface area contributed by atoms with Crippen molar-refractivity contribution >= 4 is 45.6 Å². The molecule has 3 aromatic rings. The second-order valence-corrected chi connectivity index (χ2v) is 15.4. The summed E-state index contributed by atoms with van der Waals surface area (Å²) in [6.45, 7) is 16.1. The fraction of sp³-hybridized carbons (Fsp3) is 0.372. The van der Waals surface area contributed by atoms with Gasteiger partial charge in [0.25, 0.3) is 0 Å². The van der Waals surface area contributed by atoms with Gasteiger partial charge in [-0.15, -0.1) is 0 Å². The molecule has 2 aliphatic rings. The van der Waals surface area contributed by atoms with Gasteiger partial charge in [-0.1, -0.05) is 0 Å². The van der Waals surface area contributed by atoms with E-state index >= 15 is 0 Å². The summed E-state index contributed by atoms with van der Waals surface area (Å²) in [6, 6.07) is 1.60. The third-order valence-corrected chi connectivity index (χ3v) is 12.0. The average molecular weight is 849 g/mol. The van der Waals surface area contributed by atoms with Gasteiger partial charge in [-0.05, 0) is 172 Å². The number of hydrogen-bond acceptors (Lipinski definition) is 12. The van der Waals surface area contributed by atoms with E-state index in [2.05, 4.69) is 21.2 Å². The number of aromatic carboxylic acids is 1.